The van der Waals surface area contributed by atoms with Crippen molar-refractivity contribution in [3.05, 3.63) is 40.7 Å². The van der Waals surface area contributed by atoms with Crippen LogP contribution in [-0.4, -0.2) is 25.6 Å². The van der Waals surface area contributed by atoms with Crippen molar-refractivity contribution in [1.29, 1.82) is 0 Å². The average molecular weight is 213 g/mol. The highest BCUT2D eigenvalue weighted by Crippen LogP contribution is 2.19. The van der Waals surface area contributed by atoms with Gasteiger partial charge >= 0.3 is 0 Å². The Morgan fingerprint density at radius 1 is 1.06 bits per heavy atom. The Morgan fingerprint density at radius 3 is 2.69 bits per heavy atom. The molecule has 2 heterocycles. The van der Waals surface area contributed by atoms with E-state index >= 15 is 0 Å². The summed E-state index contributed by atoms with van der Waals surface area (Å²) in [7, 11) is 0. The summed E-state index contributed by atoms with van der Waals surface area (Å²) in [6.07, 6.45) is 0. The maximum Gasteiger partial charge on any atom is 0.274 e. The van der Waals surface area contributed by atoms with Gasteiger partial charge in [0.15, 0.2) is 0 Å². The molecule has 0 atom stereocenters. The van der Waals surface area contributed by atoms with Crippen LogP contribution in [0.2, 0.25) is 0 Å². The predicted molar refractivity (Wildman–Crippen MR) is 57.7 cm³/mol. The maximum absolute atomic E-state index is 11.7. The maximum atomic E-state index is 11.7. The van der Waals surface area contributed by atoms with Crippen LogP contribution in [0.1, 0.15) is 0 Å². The molecular weight excluding hydrogens is 206 g/mol. The molecule has 0 amide bonds. The monoisotopic (exact) mass is 213 g/mol. The molecule has 16 heavy (non-hydrogen) atoms. The van der Waals surface area contributed by atoms with Crippen molar-refractivity contribution in [2.24, 2.45) is 0 Å². The van der Waals surface area contributed by atoms with Crippen LogP contribution in [0.4, 0.5) is 0 Å². The first-order valence-electron chi connectivity index (χ1n) is 4.71. The summed E-state index contributed by atoms with van der Waals surface area (Å²) in [4.78, 5) is 11.7. The fourth-order valence-electron chi connectivity index (χ4n) is 1.62. The van der Waals surface area contributed by atoms with Crippen molar-refractivity contribution in [3.63, 3.8) is 0 Å². The third-order valence-electron chi connectivity index (χ3n) is 2.33. The fourth-order valence-corrected chi connectivity index (χ4v) is 1.62. The summed E-state index contributed by atoms with van der Waals surface area (Å²) in [5.41, 5.74) is 2.01. The molecule has 6 heteroatoms. The van der Waals surface area contributed by atoms with Gasteiger partial charge in [-0.05, 0) is 5.56 Å². The topological polar surface area (TPSA) is 87.3 Å². The first kappa shape index (κ1) is 8.78. The van der Waals surface area contributed by atoms with Crippen LogP contribution in [0, 0.1) is 0 Å². The normalized spacial score (nSPS) is 10.8. The van der Waals surface area contributed by atoms with Crippen LogP contribution in [0.15, 0.2) is 35.1 Å². The van der Waals surface area contributed by atoms with E-state index < -0.39 is 0 Å². The molecule has 2 aromatic heterocycles. The average Bonchev–Trinajstić information content (AvgIpc) is 2.78. The van der Waals surface area contributed by atoms with Crippen LogP contribution in [0.5, 0.6) is 0 Å². The zero-order chi connectivity index (χ0) is 11.0. The molecule has 3 rings (SSSR count). The van der Waals surface area contributed by atoms with E-state index in [4.69, 9.17) is 0 Å². The number of nitrogens with one attached hydrogen (secondary N) is 2. The Balaban J connectivity index is 2.42. The highest BCUT2D eigenvalue weighted by atomic mass is 16.1. The Labute approximate surface area is 89.3 Å². The SMILES string of the molecule is O=c1[nH]nc2nn[nH]c2c1-c1ccccc1. The van der Waals surface area contributed by atoms with Crippen LogP contribution >= 0.6 is 0 Å². The zero-order valence-electron chi connectivity index (χ0n) is 8.14. The fraction of sp³-hybridized carbons (Fsp3) is 0. The largest absolute Gasteiger partial charge is 0.274 e. The highest BCUT2D eigenvalue weighted by molar-refractivity contribution is 5.87. The molecule has 0 bridgehead atoms. The molecule has 0 saturated carbocycles. The minimum absolute atomic E-state index is 0.259. The van der Waals surface area contributed by atoms with Gasteiger partial charge in [0.1, 0.15) is 5.52 Å². The number of H-pyrrole nitrogens is 2. The standard InChI is InChI=1S/C10H7N5O/c16-10-7(6-4-2-1-3-5-6)8-9(12-14-10)13-15-11-8/h1-5H,(H,14,16)(H,11,12,13,15). The Hall–Kier alpha value is -2.50. The van der Waals surface area contributed by atoms with Crippen LogP contribution < -0.4 is 5.56 Å². The van der Waals surface area contributed by atoms with E-state index in [0.717, 1.165) is 5.56 Å². The quantitative estimate of drug-likeness (QED) is 0.623. The van der Waals surface area contributed by atoms with E-state index in [-0.39, 0.29) is 5.56 Å². The lowest BCUT2D eigenvalue weighted by Crippen LogP contribution is -2.11. The molecule has 0 aliphatic heterocycles. The smallest absolute Gasteiger partial charge is 0.267 e. The predicted octanol–water partition coefficient (Wildman–Crippen LogP) is 0.708. The molecule has 0 aliphatic carbocycles. The molecule has 0 unspecified atom stereocenters. The summed E-state index contributed by atoms with van der Waals surface area (Å²) in [5.74, 6) is 0. The van der Waals surface area contributed by atoms with Crippen molar-refractivity contribution in [2.45, 2.75) is 0 Å². The van der Waals surface area contributed by atoms with Gasteiger partial charge in [0.2, 0.25) is 5.65 Å². The Kier molecular flexibility index (Phi) is 1.79. The van der Waals surface area contributed by atoms with Crippen LogP contribution in [-0.2, 0) is 0 Å². The first-order chi connectivity index (χ1) is 7.86. The minimum Gasteiger partial charge on any atom is -0.267 e. The second kappa shape index (κ2) is 3.27. The number of benzene rings is 1. The molecule has 6 nitrogen and oxygen atoms in total. The van der Waals surface area contributed by atoms with Crippen LogP contribution in [0.3, 0.4) is 0 Å². The molecule has 0 saturated heterocycles. The van der Waals surface area contributed by atoms with E-state index in [1.54, 1.807) is 0 Å². The zero-order valence-corrected chi connectivity index (χ0v) is 8.14. The van der Waals surface area contributed by atoms with Gasteiger partial charge in [0, 0.05) is 0 Å². The molecule has 78 valence electrons. The summed E-state index contributed by atoms with van der Waals surface area (Å²) in [6, 6.07) is 9.33. The number of fused-ring (bicyclic) bond motifs is 1. The van der Waals surface area contributed by atoms with Gasteiger partial charge in [-0.3, -0.25) is 9.89 Å². The number of aromatic nitrogens is 5. The second-order valence-electron chi connectivity index (χ2n) is 3.30. The lowest BCUT2D eigenvalue weighted by atomic mass is 10.1. The molecule has 0 radical (unpaired) electrons. The number of nitrogens with zero attached hydrogens (tertiary/aromatic N) is 3. The number of aromatic amines is 2. The lowest BCUT2D eigenvalue weighted by Gasteiger charge is -1.99. The highest BCUT2D eigenvalue weighted by Gasteiger charge is 2.11. The van der Waals surface area contributed by atoms with Gasteiger partial charge in [0.25, 0.3) is 5.56 Å². The summed E-state index contributed by atoms with van der Waals surface area (Å²) >= 11 is 0. The van der Waals surface area contributed by atoms with E-state index in [2.05, 4.69) is 25.6 Å². The Bertz CT molecular complexity index is 685. The van der Waals surface area contributed by atoms with Crippen molar-refractivity contribution >= 4 is 11.2 Å². The molecule has 0 aliphatic rings. The van der Waals surface area contributed by atoms with Crippen LogP contribution in [0.25, 0.3) is 22.3 Å². The summed E-state index contributed by atoms with van der Waals surface area (Å²) in [6.45, 7) is 0. The third-order valence-corrected chi connectivity index (χ3v) is 2.33. The lowest BCUT2D eigenvalue weighted by molar-refractivity contribution is 0.943. The molecule has 2 N–H and O–H groups in total. The van der Waals surface area contributed by atoms with E-state index in [9.17, 15) is 4.79 Å². The molecule has 1 aromatic carbocycles. The number of rotatable bonds is 1. The van der Waals surface area contributed by atoms with Crippen molar-refractivity contribution in [2.75, 3.05) is 0 Å². The number of hydrogen-bond donors (Lipinski definition) is 2. The first-order valence-corrected chi connectivity index (χ1v) is 4.71. The van der Waals surface area contributed by atoms with Crippen molar-refractivity contribution < 1.29 is 0 Å². The number of hydrogen-bond acceptors (Lipinski definition) is 4. The third kappa shape index (κ3) is 1.20. The molecule has 3 aromatic rings. The van der Waals surface area contributed by atoms with Gasteiger partial charge in [-0.25, -0.2) is 5.10 Å². The van der Waals surface area contributed by atoms with E-state index in [0.29, 0.717) is 16.7 Å². The van der Waals surface area contributed by atoms with E-state index in [1.165, 1.54) is 0 Å². The summed E-state index contributed by atoms with van der Waals surface area (Å²) < 4.78 is 0. The Morgan fingerprint density at radius 2 is 1.88 bits per heavy atom. The van der Waals surface area contributed by atoms with Gasteiger partial charge in [-0.1, -0.05) is 35.5 Å². The molecular formula is C10H7N5O. The van der Waals surface area contributed by atoms with Gasteiger partial charge in [0.05, 0.1) is 5.56 Å². The minimum atomic E-state index is -0.259. The van der Waals surface area contributed by atoms with Crippen molar-refractivity contribution in [3.8, 4) is 11.1 Å². The van der Waals surface area contributed by atoms with Gasteiger partial charge in [-0.2, -0.15) is 0 Å². The molecule has 0 fully saturated rings. The second-order valence-corrected chi connectivity index (χ2v) is 3.30. The van der Waals surface area contributed by atoms with Crippen molar-refractivity contribution in [1.82, 2.24) is 25.6 Å². The van der Waals surface area contributed by atoms with E-state index in [1.807, 2.05) is 30.3 Å². The summed E-state index contributed by atoms with van der Waals surface area (Å²) in [5, 5.41) is 16.3. The van der Waals surface area contributed by atoms with Gasteiger partial charge < -0.3 is 0 Å². The van der Waals surface area contributed by atoms with Gasteiger partial charge in [-0.15, -0.1) is 10.2 Å². The molecule has 0 spiro atoms.